The van der Waals surface area contributed by atoms with Gasteiger partial charge >= 0.3 is 6.09 Å². The first-order valence-electron chi connectivity index (χ1n) is 4.63. The van der Waals surface area contributed by atoms with Crippen LogP contribution in [0.2, 0.25) is 0 Å². The average Bonchev–Trinajstić information content (AvgIpc) is 1.97. The zero-order valence-electron chi connectivity index (χ0n) is 8.01. The van der Waals surface area contributed by atoms with Gasteiger partial charge in [0.25, 0.3) is 0 Å². The van der Waals surface area contributed by atoms with Crippen LogP contribution in [0.4, 0.5) is 4.79 Å². The Morgan fingerprint density at radius 2 is 2.08 bits per heavy atom. The molecule has 3 nitrogen and oxygen atoms in total. The first kappa shape index (κ1) is 11.3. The number of carbonyl (C=O) groups is 1. The van der Waals surface area contributed by atoms with Crippen molar-refractivity contribution >= 4 is 6.09 Å². The second-order valence-corrected chi connectivity index (χ2v) is 3.10. The van der Waals surface area contributed by atoms with Crippen molar-refractivity contribution in [1.29, 1.82) is 0 Å². The molecular weight excluding hydrogens is 154 g/mol. The van der Waals surface area contributed by atoms with E-state index in [1.165, 1.54) is 19.3 Å². The van der Waals surface area contributed by atoms with E-state index in [0.29, 0.717) is 0 Å². The lowest BCUT2D eigenvalue weighted by molar-refractivity contribution is 0.110. The molecule has 1 atom stereocenters. The summed E-state index contributed by atoms with van der Waals surface area (Å²) in [5.41, 5.74) is 4.86. The molecule has 0 aliphatic heterocycles. The summed E-state index contributed by atoms with van der Waals surface area (Å²) in [6, 6.07) is 0. The van der Waals surface area contributed by atoms with Crippen LogP contribution in [0.1, 0.15) is 46.0 Å². The molecule has 0 aliphatic rings. The normalized spacial score (nSPS) is 12.5. The number of rotatable bonds is 6. The molecule has 0 aromatic carbocycles. The molecule has 1 amide bonds. The van der Waals surface area contributed by atoms with Crippen molar-refractivity contribution in [2.24, 2.45) is 5.73 Å². The van der Waals surface area contributed by atoms with Gasteiger partial charge in [-0.1, -0.05) is 26.2 Å². The average molecular weight is 173 g/mol. The van der Waals surface area contributed by atoms with Gasteiger partial charge in [-0.3, -0.25) is 0 Å². The SMILES string of the molecule is CCCCCCC(C)OC(N)=O. The van der Waals surface area contributed by atoms with Gasteiger partial charge in [-0.25, -0.2) is 4.79 Å². The highest BCUT2D eigenvalue weighted by Crippen LogP contribution is 2.07. The van der Waals surface area contributed by atoms with Crippen LogP contribution in [0, 0.1) is 0 Å². The number of hydrogen-bond donors (Lipinski definition) is 1. The Morgan fingerprint density at radius 3 is 2.58 bits per heavy atom. The number of hydrogen-bond acceptors (Lipinski definition) is 2. The summed E-state index contributed by atoms with van der Waals surface area (Å²) in [6.07, 6.45) is 5.03. The van der Waals surface area contributed by atoms with Gasteiger partial charge in [-0.05, 0) is 19.8 Å². The molecule has 0 aromatic rings. The summed E-state index contributed by atoms with van der Waals surface area (Å²) in [7, 11) is 0. The summed E-state index contributed by atoms with van der Waals surface area (Å²) in [4.78, 5) is 10.3. The van der Waals surface area contributed by atoms with E-state index < -0.39 is 6.09 Å². The Kier molecular flexibility index (Phi) is 6.53. The number of carbonyl (C=O) groups excluding carboxylic acids is 1. The molecule has 3 heteroatoms. The van der Waals surface area contributed by atoms with Gasteiger partial charge in [-0.15, -0.1) is 0 Å². The third-order valence-electron chi connectivity index (χ3n) is 1.78. The predicted octanol–water partition coefficient (Wildman–Crippen LogP) is 2.44. The van der Waals surface area contributed by atoms with Crippen molar-refractivity contribution in [2.75, 3.05) is 0 Å². The Bertz CT molecular complexity index is 126. The van der Waals surface area contributed by atoms with E-state index in [2.05, 4.69) is 6.92 Å². The van der Waals surface area contributed by atoms with Crippen LogP contribution >= 0.6 is 0 Å². The lowest BCUT2D eigenvalue weighted by Crippen LogP contribution is -2.20. The standard InChI is InChI=1S/C9H19NO2/c1-3-4-5-6-7-8(2)12-9(10)11/h8H,3-7H2,1-2H3,(H2,10,11). The van der Waals surface area contributed by atoms with E-state index in [4.69, 9.17) is 10.5 Å². The van der Waals surface area contributed by atoms with E-state index in [9.17, 15) is 4.79 Å². The first-order chi connectivity index (χ1) is 5.66. The molecule has 0 radical (unpaired) electrons. The Morgan fingerprint density at radius 1 is 1.42 bits per heavy atom. The molecule has 0 aromatic heterocycles. The number of primary amides is 1. The smallest absolute Gasteiger partial charge is 0.404 e. The Balaban J connectivity index is 3.19. The molecule has 0 rings (SSSR count). The lowest BCUT2D eigenvalue weighted by atomic mass is 10.1. The van der Waals surface area contributed by atoms with Gasteiger partial charge in [0, 0.05) is 0 Å². The molecule has 1 unspecified atom stereocenters. The molecule has 0 spiro atoms. The molecule has 2 N–H and O–H groups in total. The highest BCUT2D eigenvalue weighted by atomic mass is 16.6. The van der Waals surface area contributed by atoms with E-state index in [1.54, 1.807) is 0 Å². The summed E-state index contributed by atoms with van der Waals surface area (Å²) >= 11 is 0. The van der Waals surface area contributed by atoms with Crippen molar-refractivity contribution < 1.29 is 9.53 Å². The van der Waals surface area contributed by atoms with Crippen molar-refractivity contribution in [3.05, 3.63) is 0 Å². The summed E-state index contributed by atoms with van der Waals surface area (Å²) in [6.45, 7) is 4.04. The fourth-order valence-corrected chi connectivity index (χ4v) is 1.12. The van der Waals surface area contributed by atoms with Crippen molar-refractivity contribution in [2.45, 2.75) is 52.1 Å². The first-order valence-corrected chi connectivity index (χ1v) is 4.63. The zero-order chi connectivity index (χ0) is 9.40. The maximum Gasteiger partial charge on any atom is 0.404 e. The summed E-state index contributed by atoms with van der Waals surface area (Å²) < 4.78 is 4.77. The maximum absolute atomic E-state index is 10.3. The van der Waals surface area contributed by atoms with Gasteiger partial charge in [0.05, 0.1) is 0 Å². The summed E-state index contributed by atoms with van der Waals surface area (Å²) in [5.74, 6) is 0. The Labute approximate surface area is 74.3 Å². The third kappa shape index (κ3) is 7.38. The van der Waals surface area contributed by atoms with E-state index in [1.807, 2.05) is 6.92 Å². The molecule has 12 heavy (non-hydrogen) atoms. The van der Waals surface area contributed by atoms with Gasteiger partial charge in [-0.2, -0.15) is 0 Å². The second-order valence-electron chi connectivity index (χ2n) is 3.10. The van der Waals surface area contributed by atoms with Crippen LogP contribution in [-0.4, -0.2) is 12.2 Å². The van der Waals surface area contributed by atoms with Crippen LogP contribution < -0.4 is 5.73 Å². The van der Waals surface area contributed by atoms with Crippen molar-refractivity contribution in [1.82, 2.24) is 0 Å². The minimum atomic E-state index is -0.669. The molecular formula is C9H19NO2. The highest BCUT2D eigenvalue weighted by Gasteiger charge is 2.04. The van der Waals surface area contributed by atoms with Crippen LogP contribution in [0.3, 0.4) is 0 Å². The molecule has 0 fully saturated rings. The zero-order valence-corrected chi connectivity index (χ0v) is 8.01. The van der Waals surface area contributed by atoms with Gasteiger partial charge in [0.1, 0.15) is 6.10 Å². The maximum atomic E-state index is 10.3. The van der Waals surface area contributed by atoms with Gasteiger partial charge in [0.15, 0.2) is 0 Å². The van der Waals surface area contributed by atoms with Crippen molar-refractivity contribution in [3.8, 4) is 0 Å². The van der Waals surface area contributed by atoms with E-state index >= 15 is 0 Å². The quantitative estimate of drug-likeness (QED) is 0.627. The lowest BCUT2D eigenvalue weighted by Gasteiger charge is -2.10. The van der Waals surface area contributed by atoms with Crippen molar-refractivity contribution in [3.63, 3.8) is 0 Å². The van der Waals surface area contributed by atoms with Crippen LogP contribution in [0.5, 0.6) is 0 Å². The monoisotopic (exact) mass is 173 g/mol. The molecule has 0 bridgehead atoms. The molecule has 0 saturated heterocycles. The molecule has 0 heterocycles. The molecule has 0 saturated carbocycles. The highest BCUT2D eigenvalue weighted by molar-refractivity contribution is 5.64. The summed E-state index contributed by atoms with van der Waals surface area (Å²) in [5, 5.41) is 0. The predicted molar refractivity (Wildman–Crippen MR) is 48.9 cm³/mol. The molecule has 0 aliphatic carbocycles. The van der Waals surface area contributed by atoms with Crippen LogP contribution in [0.15, 0.2) is 0 Å². The van der Waals surface area contributed by atoms with E-state index in [-0.39, 0.29) is 6.10 Å². The largest absolute Gasteiger partial charge is 0.447 e. The fourth-order valence-electron chi connectivity index (χ4n) is 1.12. The fraction of sp³-hybridized carbons (Fsp3) is 0.889. The topological polar surface area (TPSA) is 52.3 Å². The Hall–Kier alpha value is -0.730. The number of amides is 1. The molecule has 72 valence electrons. The number of nitrogens with two attached hydrogens (primary N) is 1. The van der Waals surface area contributed by atoms with Crippen LogP contribution in [-0.2, 0) is 4.74 Å². The van der Waals surface area contributed by atoms with E-state index in [0.717, 1.165) is 12.8 Å². The number of unbranched alkanes of at least 4 members (excludes halogenated alkanes) is 3. The minimum absolute atomic E-state index is 0.0284. The minimum Gasteiger partial charge on any atom is -0.447 e. The van der Waals surface area contributed by atoms with Gasteiger partial charge < -0.3 is 10.5 Å². The number of ether oxygens (including phenoxy) is 1. The third-order valence-corrected chi connectivity index (χ3v) is 1.78. The second kappa shape index (κ2) is 6.95. The van der Waals surface area contributed by atoms with Gasteiger partial charge in [0.2, 0.25) is 0 Å². The van der Waals surface area contributed by atoms with Crippen LogP contribution in [0.25, 0.3) is 0 Å².